The van der Waals surface area contributed by atoms with Crippen molar-refractivity contribution in [1.82, 2.24) is 0 Å². The highest BCUT2D eigenvalue weighted by molar-refractivity contribution is 5.36. The molecule has 62 heavy (non-hydrogen) atoms. The Morgan fingerprint density at radius 3 is 0.903 bits per heavy atom. The average Bonchev–Trinajstić information content (AvgIpc) is 3.40. The number of alkyl halides is 36. The van der Waals surface area contributed by atoms with E-state index in [-0.39, 0.29) is 0 Å². The van der Waals surface area contributed by atoms with Crippen molar-refractivity contribution in [3.05, 3.63) is 0 Å². The maximum Gasteiger partial charge on any atom is 0.426 e. The fourth-order valence-corrected chi connectivity index (χ4v) is 5.95. The van der Waals surface area contributed by atoms with Gasteiger partial charge in [0.15, 0.2) is 0 Å². The molecule has 0 aromatic heterocycles. The summed E-state index contributed by atoms with van der Waals surface area (Å²) >= 11 is 0. The van der Waals surface area contributed by atoms with Crippen LogP contribution in [-0.4, -0.2) is 131 Å². The molecular weight excluding hydrogens is 1010 g/mol. The minimum Gasteiger partial charge on any atom is -0.277 e. The van der Waals surface area contributed by atoms with Gasteiger partial charge in [-0.2, -0.15) is 123 Å². The molecule has 4 saturated heterocycles. The van der Waals surface area contributed by atoms with Gasteiger partial charge in [-0.25, -0.2) is 35.1 Å². The Morgan fingerprint density at radius 1 is 0.323 bits per heavy atom. The number of hydrogen-bond acceptors (Lipinski definition) is 4. The van der Waals surface area contributed by atoms with E-state index in [2.05, 4.69) is 0 Å². The van der Waals surface area contributed by atoms with Gasteiger partial charge in [0, 0.05) is 0 Å². The molecule has 366 valence electrons. The smallest absolute Gasteiger partial charge is 0.277 e. The van der Waals surface area contributed by atoms with Crippen LogP contribution in [-0.2, 0) is 18.9 Å². The fraction of sp³-hybridized carbons (Fsp3) is 1.00. The lowest BCUT2D eigenvalue weighted by Gasteiger charge is -2.50. The van der Waals surface area contributed by atoms with Crippen LogP contribution in [0.25, 0.3) is 0 Å². The Kier molecular flexibility index (Phi) is 9.90. The zero-order chi connectivity index (χ0) is 50.0. The van der Waals surface area contributed by atoms with Gasteiger partial charge in [0.25, 0.3) is 6.36 Å². The molecule has 0 aromatic carbocycles. The quantitative estimate of drug-likeness (QED) is 0.216. The van der Waals surface area contributed by atoms with Gasteiger partial charge in [-0.05, 0) is 0 Å². The van der Waals surface area contributed by atoms with Crippen LogP contribution in [0.2, 0.25) is 0 Å². The molecule has 40 heteroatoms. The molecule has 0 N–H and O–H groups in total. The Morgan fingerprint density at radius 2 is 0.629 bits per heavy atom. The van der Waals surface area contributed by atoms with Crippen LogP contribution >= 0.6 is 0 Å². The van der Waals surface area contributed by atoms with Crippen molar-refractivity contribution in [2.24, 2.45) is 0 Å². The van der Waals surface area contributed by atoms with Crippen molar-refractivity contribution < 1.29 is 177 Å². The minimum absolute atomic E-state index is 1.08. The van der Waals surface area contributed by atoms with Crippen LogP contribution in [0.5, 0.6) is 0 Å². The molecule has 4 aliphatic heterocycles. The highest BCUT2D eigenvalue weighted by atomic mass is 19.4. The van der Waals surface area contributed by atoms with Gasteiger partial charge in [-0.3, -0.25) is 18.9 Å². The summed E-state index contributed by atoms with van der Waals surface area (Å²) < 4.78 is 528. The fourth-order valence-electron chi connectivity index (χ4n) is 5.95. The first-order valence-electron chi connectivity index (χ1n) is 13.9. The predicted molar refractivity (Wildman–Crippen MR) is 106 cm³/mol. The molecule has 0 amide bonds. The third-order valence-electron chi connectivity index (χ3n) is 9.46. The normalized spacial score (nSPS) is 42.4. The predicted octanol–water partition coefficient (Wildman–Crippen LogP) is 10.6. The van der Waals surface area contributed by atoms with Crippen molar-refractivity contribution in [2.75, 3.05) is 0 Å². The Hall–Kier alpha value is -2.68. The van der Waals surface area contributed by atoms with E-state index in [1.165, 1.54) is 4.74 Å². The summed E-state index contributed by atoms with van der Waals surface area (Å²) in [7, 11) is 0. The topological polar surface area (TPSA) is 36.9 Å². The molecule has 0 saturated carbocycles. The molecule has 4 rings (SSSR count). The van der Waals surface area contributed by atoms with Gasteiger partial charge in [0.1, 0.15) is 0 Å². The standard InChI is InChI=1S/C22H2F36O4/c23-1-4(26,27)19(51,52)60-5(1,28)10(35,36)11(37,38)6(29)13(41,42)21(55,56)62-18(6,50)16(47,48)12(39,40)7(30)14(43,44)22(57,58)61-17(7,49)15(45,46)8(31,32)3(25)2(24)59-20(53,54)9(3,33)34/h1-2H. The van der Waals surface area contributed by atoms with Gasteiger partial charge in [0.05, 0.1) is 0 Å². The zero-order valence-corrected chi connectivity index (χ0v) is 26.4. The van der Waals surface area contributed by atoms with Crippen molar-refractivity contribution >= 4 is 0 Å². The van der Waals surface area contributed by atoms with Crippen LogP contribution in [0.15, 0.2) is 0 Å². The molecule has 4 nitrogen and oxygen atoms in total. The van der Waals surface area contributed by atoms with Gasteiger partial charge >= 0.3 is 118 Å². The highest BCUT2D eigenvalue weighted by Gasteiger charge is 3.12. The Bertz CT molecular complexity index is 1850. The van der Waals surface area contributed by atoms with E-state index in [0.717, 1.165) is 9.47 Å². The first-order valence-corrected chi connectivity index (χ1v) is 13.9. The van der Waals surface area contributed by atoms with Gasteiger partial charge in [0.2, 0.25) is 6.17 Å². The molecule has 0 aliphatic carbocycles. The SMILES string of the molecule is FC1C(F)(F)C(F)(F)OC1(F)C(F)(F)C(F)(F)C1(F)C(F)(F)C(F)(F)OC1(F)C(F)(F)C(F)(F)C1(F)C(F)(F)C(F)(F)OC1(F)C(F)(F)C(F)(F)C1(F)C(F)OC(F)(F)C1(F)F. The molecule has 8 unspecified atom stereocenters. The Balaban J connectivity index is 2.13. The molecule has 4 fully saturated rings. The van der Waals surface area contributed by atoms with E-state index in [1.54, 1.807) is 4.74 Å². The van der Waals surface area contributed by atoms with Gasteiger partial charge < -0.3 is 0 Å². The van der Waals surface area contributed by atoms with Crippen molar-refractivity contribution in [1.29, 1.82) is 0 Å². The lowest BCUT2D eigenvalue weighted by Crippen LogP contribution is -2.84. The van der Waals surface area contributed by atoms with E-state index in [0.29, 0.717) is 0 Å². The summed E-state index contributed by atoms with van der Waals surface area (Å²) in [5.74, 6) is -123. The summed E-state index contributed by atoms with van der Waals surface area (Å²) in [4.78, 5) is 0. The van der Waals surface area contributed by atoms with E-state index < -0.39 is 131 Å². The molecule has 0 spiro atoms. The number of halogens is 36. The molecular formula is C22H2F36O4. The molecule has 4 aliphatic rings. The summed E-state index contributed by atoms with van der Waals surface area (Å²) in [6, 6.07) is 0. The molecule has 0 bridgehead atoms. The Labute approximate surface area is 309 Å². The highest BCUT2D eigenvalue weighted by Crippen LogP contribution is 2.79. The lowest BCUT2D eigenvalue weighted by molar-refractivity contribution is -0.477. The minimum atomic E-state index is -10.6. The van der Waals surface area contributed by atoms with Crippen LogP contribution in [0.3, 0.4) is 0 Å². The molecule has 8 atom stereocenters. The number of rotatable bonds is 9. The van der Waals surface area contributed by atoms with Crippen LogP contribution < -0.4 is 0 Å². The van der Waals surface area contributed by atoms with Crippen molar-refractivity contribution in [2.45, 2.75) is 131 Å². The lowest BCUT2D eigenvalue weighted by atomic mass is 9.70. The maximum atomic E-state index is 15.8. The summed E-state index contributed by atoms with van der Waals surface area (Å²) in [5.41, 5.74) is -29.1. The third-order valence-corrected chi connectivity index (χ3v) is 9.46. The summed E-state index contributed by atoms with van der Waals surface area (Å²) in [6.07, 6.45) is -45.7. The number of ether oxygens (including phenoxy) is 4. The molecule has 0 radical (unpaired) electrons. The maximum absolute atomic E-state index is 15.8. The average molecular weight is 1010 g/mol. The molecule has 4 heterocycles. The van der Waals surface area contributed by atoms with Crippen molar-refractivity contribution in [3.63, 3.8) is 0 Å². The largest absolute Gasteiger partial charge is 0.426 e. The van der Waals surface area contributed by atoms with E-state index >= 15 is 52.7 Å². The third kappa shape index (κ3) is 4.53. The summed E-state index contributed by atoms with van der Waals surface area (Å²) in [6.45, 7) is 0. The van der Waals surface area contributed by atoms with E-state index in [1.807, 2.05) is 0 Å². The first-order chi connectivity index (χ1) is 26.4. The van der Waals surface area contributed by atoms with Crippen molar-refractivity contribution in [3.8, 4) is 0 Å². The number of hydrogen-bond donors (Lipinski definition) is 0. The zero-order valence-electron chi connectivity index (χ0n) is 26.4. The second kappa shape index (κ2) is 11.8. The second-order valence-electron chi connectivity index (χ2n) is 12.8. The first kappa shape index (κ1) is 51.9. The van der Waals surface area contributed by atoms with E-state index in [4.69, 9.17) is 0 Å². The monoisotopic (exact) mass is 1010 g/mol. The van der Waals surface area contributed by atoms with Crippen LogP contribution in [0.4, 0.5) is 158 Å². The van der Waals surface area contributed by atoms with E-state index in [9.17, 15) is 105 Å². The van der Waals surface area contributed by atoms with Gasteiger partial charge in [-0.1, -0.05) is 0 Å². The van der Waals surface area contributed by atoms with Crippen LogP contribution in [0, 0.1) is 0 Å². The molecule has 0 aromatic rings. The second-order valence-corrected chi connectivity index (χ2v) is 12.8. The van der Waals surface area contributed by atoms with Crippen LogP contribution in [0.1, 0.15) is 0 Å². The summed E-state index contributed by atoms with van der Waals surface area (Å²) in [5, 5.41) is 0. The van der Waals surface area contributed by atoms with Gasteiger partial charge in [-0.15, -0.1) is 0 Å².